The molecule has 1 aliphatic heterocycles. The van der Waals surface area contributed by atoms with Crippen LogP contribution in [0.25, 0.3) is 0 Å². The largest absolute Gasteiger partial charge is 0.471 e. The standard InChI is InChI=1S/C24H16Cl2F3N3O5S/c25-17-4-8-21(19(26)12-17)38(35,36)31-22(33)15-2-5-18(6-3-15)37-30-13-14-1-7-20-16(11-14)9-10-32(20)23(34)24(27,28)29/h1-8,11-13H,9-10H2,(H,31,33)/b30-13+. The summed E-state index contributed by atoms with van der Waals surface area (Å²) < 4.78 is 65.2. The van der Waals surface area contributed by atoms with Crippen LogP contribution in [0, 0.1) is 0 Å². The third kappa shape index (κ3) is 6.09. The van der Waals surface area contributed by atoms with E-state index >= 15 is 0 Å². The Labute approximate surface area is 224 Å². The van der Waals surface area contributed by atoms with Gasteiger partial charge in [0.25, 0.3) is 15.9 Å². The number of sulfonamides is 1. The monoisotopic (exact) mass is 585 g/mol. The van der Waals surface area contributed by atoms with Crippen molar-refractivity contribution in [1.29, 1.82) is 0 Å². The minimum absolute atomic E-state index is 0.0200. The van der Waals surface area contributed by atoms with Crippen LogP contribution in [0.2, 0.25) is 10.0 Å². The van der Waals surface area contributed by atoms with E-state index in [1.807, 2.05) is 4.72 Å². The van der Waals surface area contributed by atoms with E-state index < -0.39 is 28.0 Å². The quantitative estimate of drug-likeness (QED) is 0.324. The van der Waals surface area contributed by atoms with Gasteiger partial charge >= 0.3 is 12.1 Å². The molecule has 1 heterocycles. The van der Waals surface area contributed by atoms with E-state index in [4.69, 9.17) is 28.0 Å². The highest BCUT2D eigenvalue weighted by Crippen LogP contribution is 2.32. The summed E-state index contributed by atoms with van der Waals surface area (Å²) in [4.78, 5) is 29.6. The van der Waals surface area contributed by atoms with Gasteiger partial charge in [-0.15, -0.1) is 0 Å². The Kier molecular flexibility index (Phi) is 7.68. The third-order valence-electron chi connectivity index (χ3n) is 5.37. The highest BCUT2D eigenvalue weighted by Gasteiger charge is 2.44. The zero-order valence-corrected chi connectivity index (χ0v) is 21.3. The Hall–Kier alpha value is -3.61. The molecule has 0 atom stereocenters. The van der Waals surface area contributed by atoms with Gasteiger partial charge < -0.3 is 9.74 Å². The van der Waals surface area contributed by atoms with Gasteiger partial charge in [0.05, 0.1) is 11.2 Å². The number of halogens is 5. The third-order valence-corrected chi connectivity index (χ3v) is 7.42. The zero-order valence-electron chi connectivity index (χ0n) is 19.0. The maximum Gasteiger partial charge on any atom is 0.471 e. The van der Waals surface area contributed by atoms with Crippen molar-refractivity contribution in [3.05, 3.63) is 87.4 Å². The molecule has 0 bridgehead atoms. The highest BCUT2D eigenvalue weighted by atomic mass is 35.5. The number of anilines is 1. The number of amides is 2. The molecule has 0 saturated heterocycles. The van der Waals surface area contributed by atoms with Gasteiger partial charge in [-0.05, 0) is 72.1 Å². The molecular formula is C24H16Cl2F3N3O5S. The SMILES string of the molecule is O=C(NS(=O)(=O)c1ccc(Cl)cc1Cl)c1ccc(O/N=C/c2ccc3c(c2)CCN3C(=O)C(F)(F)F)cc1. The van der Waals surface area contributed by atoms with Crippen molar-refractivity contribution in [1.82, 2.24) is 4.72 Å². The van der Waals surface area contributed by atoms with Crippen molar-refractivity contribution in [2.24, 2.45) is 5.16 Å². The topological polar surface area (TPSA) is 105 Å². The Morgan fingerprint density at radius 1 is 1.03 bits per heavy atom. The van der Waals surface area contributed by atoms with Gasteiger partial charge in [-0.25, -0.2) is 13.1 Å². The first-order chi connectivity index (χ1) is 17.8. The van der Waals surface area contributed by atoms with E-state index in [-0.39, 0.29) is 44.9 Å². The summed E-state index contributed by atoms with van der Waals surface area (Å²) in [5.74, 6) is -2.59. The summed E-state index contributed by atoms with van der Waals surface area (Å²) in [6, 6.07) is 13.7. The lowest BCUT2D eigenvalue weighted by Crippen LogP contribution is -2.40. The molecule has 2 amide bonds. The summed E-state index contributed by atoms with van der Waals surface area (Å²) in [7, 11) is -4.25. The second-order valence-corrected chi connectivity index (χ2v) is 10.4. The molecule has 1 N–H and O–H groups in total. The summed E-state index contributed by atoms with van der Waals surface area (Å²) in [6.45, 7) is -0.0707. The molecule has 0 fully saturated rings. The smallest absolute Gasteiger partial charge is 0.357 e. The molecule has 198 valence electrons. The molecule has 4 rings (SSSR count). The van der Waals surface area contributed by atoms with E-state index in [0.29, 0.717) is 16.0 Å². The van der Waals surface area contributed by atoms with Crippen LogP contribution in [0.1, 0.15) is 21.5 Å². The number of nitrogens with zero attached hydrogens (tertiary/aromatic N) is 2. The fraction of sp³-hybridized carbons (Fsp3) is 0.125. The van der Waals surface area contributed by atoms with Crippen LogP contribution in [-0.2, 0) is 21.2 Å². The number of alkyl halides is 3. The number of benzene rings is 3. The van der Waals surface area contributed by atoms with Crippen molar-refractivity contribution < 1.29 is 36.0 Å². The lowest BCUT2D eigenvalue weighted by Gasteiger charge is -2.18. The van der Waals surface area contributed by atoms with E-state index in [1.54, 1.807) is 6.07 Å². The fourth-order valence-corrected chi connectivity index (χ4v) is 5.36. The van der Waals surface area contributed by atoms with Gasteiger partial charge in [0.15, 0.2) is 5.75 Å². The number of carbonyl (C=O) groups is 2. The maximum atomic E-state index is 12.8. The number of carbonyl (C=O) groups excluding carboxylic acids is 2. The second kappa shape index (κ2) is 10.6. The van der Waals surface area contributed by atoms with Gasteiger partial charge in [0.1, 0.15) is 4.90 Å². The number of fused-ring (bicyclic) bond motifs is 1. The number of oxime groups is 1. The molecule has 0 aliphatic carbocycles. The van der Waals surface area contributed by atoms with Gasteiger partial charge in [0.2, 0.25) is 0 Å². The Morgan fingerprint density at radius 3 is 2.39 bits per heavy atom. The van der Waals surface area contributed by atoms with Gasteiger partial charge in [-0.2, -0.15) is 13.2 Å². The molecule has 0 unspecified atom stereocenters. The second-order valence-electron chi connectivity index (χ2n) is 7.95. The lowest BCUT2D eigenvalue weighted by molar-refractivity contribution is -0.170. The molecule has 1 aliphatic rings. The minimum atomic E-state index is -4.95. The van der Waals surface area contributed by atoms with Crippen molar-refractivity contribution in [2.45, 2.75) is 17.5 Å². The number of nitrogens with one attached hydrogen (secondary N) is 1. The molecule has 14 heteroatoms. The molecular weight excluding hydrogens is 570 g/mol. The molecule has 0 aromatic heterocycles. The maximum absolute atomic E-state index is 12.8. The van der Waals surface area contributed by atoms with Crippen LogP contribution in [0.5, 0.6) is 5.75 Å². The Morgan fingerprint density at radius 2 is 1.74 bits per heavy atom. The van der Waals surface area contributed by atoms with Gasteiger partial charge in [0, 0.05) is 22.8 Å². The van der Waals surface area contributed by atoms with Crippen molar-refractivity contribution in [3.63, 3.8) is 0 Å². The molecule has 8 nitrogen and oxygen atoms in total. The lowest BCUT2D eigenvalue weighted by atomic mass is 10.1. The predicted octanol–water partition coefficient (Wildman–Crippen LogP) is 4.98. The molecule has 0 spiro atoms. The van der Waals surface area contributed by atoms with Crippen LogP contribution in [0.15, 0.2) is 70.7 Å². The molecule has 3 aromatic carbocycles. The van der Waals surface area contributed by atoms with Gasteiger partial charge in [-0.3, -0.25) is 9.59 Å². The van der Waals surface area contributed by atoms with E-state index in [2.05, 4.69) is 5.16 Å². The average Bonchev–Trinajstić information content (AvgIpc) is 3.26. The minimum Gasteiger partial charge on any atom is -0.357 e. The summed E-state index contributed by atoms with van der Waals surface area (Å²) >= 11 is 11.7. The Balaban J connectivity index is 1.37. The fourth-order valence-electron chi connectivity index (χ4n) is 3.61. The van der Waals surface area contributed by atoms with Crippen LogP contribution in [0.3, 0.4) is 0 Å². The van der Waals surface area contributed by atoms with Crippen LogP contribution >= 0.6 is 23.2 Å². The average molecular weight is 586 g/mol. The first kappa shape index (κ1) is 27.4. The van der Waals surface area contributed by atoms with Crippen molar-refractivity contribution in [2.75, 3.05) is 11.4 Å². The van der Waals surface area contributed by atoms with E-state index in [0.717, 1.165) is 0 Å². The number of hydrogen-bond donors (Lipinski definition) is 1. The van der Waals surface area contributed by atoms with E-state index in [1.165, 1.54) is 60.8 Å². The molecule has 38 heavy (non-hydrogen) atoms. The van der Waals surface area contributed by atoms with Crippen molar-refractivity contribution in [3.8, 4) is 5.75 Å². The molecule has 3 aromatic rings. The zero-order chi connectivity index (χ0) is 27.7. The summed E-state index contributed by atoms with van der Waals surface area (Å²) in [5, 5.41) is 3.91. The van der Waals surface area contributed by atoms with Gasteiger partial charge in [-0.1, -0.05) is 34.4 Å². The highest BCUT2D eigenvalue weighted by molar-refractivity contribution is 7.90. The first-order valence-electron chi connectivity index (χ1n) is 10.7. The van der Waals surface area contributed by atoms with Crippen LogP contribution < -0.4 is 14.5 Å². The number of hydrogen-bond acceptors (Lipinski definition) is 6. The van der Waals surface area contributed by atoms with Crippen molar-refractivity contribution >= 4 is 56.9 Å². The first-order valence-corrected chi connectivity index (χ1v) is 12.9. The summed E-state index contributed by atoms with van der Waals surface area (Å²) in [6.07, 6.45) is -3.36. The molecule has 0 saturated carbocycles. The van der Waals surface area contributed by atoms with Crippen LogP contribution in [-0.4, -0.2) is 39.2 Å². The predicted molar refractivity (Wildman–Crippen MR) is 134 cm³/mol. The summed E-state index contributed by atoms with van der Waals surface area (Å²) in [5.41, 5.74) is 1.31. The Bertz CT molecular complexity index is 1540. The van der Waals surface area contributed by atoms with Crippen LogP contribution in [0.4, 0.5) is 18.9 Å². The normalized spacial score (nSPS) is 13.4. The number of rotatable bonds is 6. The molecule has 0 radical (unpaired) electrons. The van der Waals surface area contributed by atoms with E-state index in [9.17, 15) is 31.2 Å².